The Morgan fingerprint density at radius 1 is 1.20 bits per heavy atom. The summed E-state index contributed by atoms with van der Waals surface area (Å²) in [5.74, 6) is -0.675. The van der Waals surface area contributed by atoms with Crippen molar-refractivity contribution in [2.24, 2.45) is 0 Å². The lowest BCUT2D eigenvalue weighted by Crippen LogP contribution is -2.45. The summed E-state index contributed by atoms with van der Waals surface area (Å²) in [7, 11) is 0. The molecule has 3 amide bonds. The van der Waals surface area contributed by atoms with E-state index in [0.717, 1.165) is 5.56 Å². The zero-order valence-electron chi connectivity index (χ0n) is 13.4. The molecule has 1 aliphatic heterocycles. The summed E-state index contributed by atoms with van der Waals surface area (Å²) >= 11 is 0. The summed E-state index contributed by atoms with van der Waals surface area (Å²) in [6, 6.07) is 13.8. The fourth-order valence-electron chi connectivity index (χ4n) is 2.53. The number of hydrogen-bond donors (Lipinski definition) is 3. The number of urea groups is 1. The topological polar surface area (TPSA) is 79.5 Å². The zero-order chi connectivity index (χ0) is 17.6. The van der Waals surface area contributed by atoms with Gasteiger partial charge in [-0.1, -0.05) is 42.5 Å². The molecule has 2 atom stereocenters. The minimum absolute atomic E-state index is 0.0603. The van der Waals surface area contributed by atoms with Gasteiger partial charge in [-0.15, -0.1) is 0 Å². The largest absolute Gasteiger partial charge is 0.488 e. The number of carbonyl (C=O) groups is 2. The second-order valence-corrected chi connectivity index (χ2v) is 5.62. The van der Waals surface area contributed by atoms with E-state index in [-0.39, 0.29) is 30.8 Å². The Hall–Kier alpha value is -3.09. The first-order valence-corrected chi connectivity index (χ1v) is 7.90. The highest BCUT2D eigenvalue weighted by molar-refractivity contribution is 5.90. The highest BCUT2D eigenvalue weighted by atomic mass is 19.1. The summed E-state index contributed by atoms with van der Waals surface area (Å²) in [6.07, 6.45) is 0. The number of rotatable bonds is 6. The average molecular weight is 343 g/mol. The first-order valence-electron chi connectivity index (χ1n) is 7.90. The van der Waals surface area contributed by atoms with Crippen LogP contribution in [0.25, 0.3) is 0 Å². The molecule has 6 nitrogen and oxygen atoms in total. The molecule has 0 spiro atoms. The van der Waals surface area contributed by atoms with Gasteiger partial charge in [0.05, 0.1) is 6.04 Å². The van der Waals surface area contributed by atoms with Crippen molar-refractivity contribution in [1.29, 1.82) is 0 Å². The third-order valence-electron chi connectivity index (χ3n) is 3.85. The van der Waals surface area contributed by atoms with E-state index in [1.165, 1.54) is 12.1 Å². The Morgan fingerprint density at radius 2 is 1.92 bits per heavy atom. The van der Waals surface area contributed by atoms with E-state index in [2.05, 4.69) is 16.0 Å². The van der Waals surface area contributed by atoms with Crippen molar-refractivity contribution in [2.75, 3.05) is 13.2 Å². The van der Waals surface area contributed by atoms with Gasteiger partial charge in [0.2, 0.25) is 5.91 Å². The van der Waals surface area contributed by atoms with Gasteiger partial charge in [-0.05, 0) is 17.7 Å². The molecule has 3 rings (SSSR count). The van der Waals surface area contributed by atoms with E-state index in [4.69, 9.17) is 4.74 Å². The molecule has 0 radical (unpaired) electrons. The van der Waals surface area contributed by atoms with Gasteiger partial charge in [-0.25, -0.2) is 9.18 Å². The summed E-state index contributed by atoms with van der Waals surface area (Å²) in [6.45, 7) is 0.283. The number of ether oxygens (including phenoxy) is 1. The molecule has 1 saturated heterocycles. The standard InChI is InChI=1S/C18H18FN3O3/c19-13-8-4-5-9-16(13)25-11-15(12-6-2-1-3-7-12)21-17(23)14-10-20-18(24)22-14/h1-9,14-15H,10-11H2,(H,21,23)(H2,20,22,24)/t14-,15+/m0/s1. The lowest BCUT2D eigenvalue weighted by molar-refractivity contribution is -0.123. The summed E-state index contributed by atoms with van der Waals surface area (Å²) in [5.41, 5.74) is 0.824. The summed E-state index contributed by atoms with van der Waals surface area (Å²) in [4.78, 5) is 23.6. The maximum absolute atomic E-state index is 13.7. The maximum atomic E-state index is 13.7. The lowest BCUT2D eigenvalue weighted by Gasteiger charge is -2.21. The van der Waals surface area contributed by atoms with Crippen molar-refractivity contribution in [3.63, 3.8) is 0 Å². The van der Waals surface area contributed by atoms with Crippen molar-refractivity contribution in [1.82, 2.24) is 16.0 Å². The van der Waals surface area contributed by atoms with Crippen LogP contribution in [0.4, 0.5) is 9.18 Å². The second kappa shape index (κ2) is 7.65. The van der Waals surface area contributed by atoms with Crippen LogP contribution in [0, 0.1) is 5.82 Å². The van der Waals surface area contributed by atoms with Crippen molar-refractivity contribution in [3.05, 3.63) is 66.0 Å². The monoisotopic (exact) mass is 343 g/mol. The fraction of sp³-hybridized carbons (Fsp3) is 0.222. The second-order valence-electron chi connectivity index (χ2n) is 5.62. The van der Waals surface area contributed by atoms with Crippen LogP contribution in [-0.2, 0) is 4.79 Å². The molecule has 1 fully saturated rings. The smallest absolute Gasteiger partial charge is 0.315 e. The Kier molecular flexibility index (Phi) is 5.13. The van der Waals surface area contributed by atoms with E-state index in [1.54, 1.807) is 12.1 Å². The van der Waals surface area contributed by atoms with Gasteiger partial charge < -0.3 is 20.7 Å². The van der Waals surface area contributed by atoms with Crippen molar-refractivity contribution < 1.29 is 18.7 Å². The number of hydrogen-bond acceptors (Lipinski definition) is 3. The first kappa shape index (κ1) is 16.8. The molecule has 1 heterocycles. The van der Waals surface area contributed by atoms with Gasteiger partial charge in [0.15, 0.2) is 11.6 Å². The molecule has 7 heteroatoms. The van der Waals surface area contributed by atoms with Crippen molar-refractivity contribution >= 4 is 11.9 Å². The quantitative estimate of drug-likeness (QED) is 0.747. The van der Waals surface area contributed by atoms with Crippen LogP contribution in [0.2, 0.25) is 0 Å². The van der Waals surface area contributed by atoms with Gasteiger partial charge in [-0.3, -0.25) is 4.79 Å². The molecular weight excluding hydrogens is 325 g/mol. The minimum Gasteiger partial charge on any atom is -0.488 e. The third kappa shape index (κ3) is 4.26. The maximum Gasteiger partial charge on any atom is 0.315 e. The number of para-hydroxylation sites is 1. The Labute approximate surface area is 144 Å². The molecule has 0 saturated carbocycles. The van der Waals surface area contributed by atoms with E-state index >= 15 is 0 Å². The van der Waals surface area contributed by atoms with Gasteiger partial charge in [0.1, 0.15) is 12.6 Å². The number of benzene rings is 2. The number of carbonyl (C=O) groups excluding carboxylic acids is 2. The highest BCUT2D eigenvalue weighted by Crippen LogP contribution is 2.19. The average Bonchev–Trinajstić information content (AvgIpc) is 3.07. The van der Waals surface area contributed by atoms with Crippen LogP contribution in [0.3, 0.4) is 0 Å². The van der Waals surface area contributed by atoms with Crippen molar-refractivity contribution in [2.45, 2.75) is 12.1 Å². The molecule has 1 aliphatic rings. The number of amides is 3. The predicted octanol–water partition coefficient (Wildman–Crippen LogP) is 1.74. The Bertz CT molecular complexity index is 754. The van der Waals surface area contributed by atoms with E-state index < -0.39 is 17.9 Å². The van der Waals surface area contributed by atoms with Crippen LogP contribution in [0.1, 0.15) is 11.6 Å². The van der Waals surface area contributed by atoms with Gasteiger partial charge in [0, 0.05) is 6.54 Å². The van der Waals surface area contributed by atoms with E-state index in [9.17, 15) is 14.0 Å². The Balaban J connectivity index is 1.70. The molecule has 0 aliphatic carbocycles. The van der Waals surface area contributed by atoms with Crippen LogP contribution in [-0.4, -0.2) is 31.1 Å². The lowest BCUT2D eigenvalue weighted by atomic mass is 10.1. The van der Waals surface area contributed by atoms with Crippen LogP contribution in [0.5, 0.6) is 5.75 Å². The number of halogens is 1. The molecule has 0 aromatic heterocycles. The van der Waals surface area contributed by atoms with Crippen molar-refractivity contribution in [3.8, 4) is 5.75 Å². The minimum atomic E-state index is -0.646. The normalized spacial score (nSPS) is 17.3. The molecule has 2 aromatic carbocycles. The molecule has 2 aromatic rings. The third-order valence-corrected chi connectivity index (χ3v) is 3.85. The molecule has 3 N–H and O–H groups in total. The molecule has 0 unspecified atom stereocenters. The Morgan fingerprint density at radius 3 is 2.60 bits per heavy atom. The number of nitrogens with one attached hydrogen (secondary N) is 3. The van der Waals surface area contributed by atoms with Crippen LogP contribution >= 0.6 is 0 Å². The SMILES string of the molecule is O=C1NC[C@@H](C(=O)N[C@H](COc2ccccc2F)c2ccccc2)N1. The first-order chi connectivity index (χ1) is 12.1. The summed E-state index contributed by atoms with van der Waals surface area (Å²) in [5, 5.41) is 7.91. The van der Waals surface area contributed by atoms with Gasteiger partial charge >= 0.3 is 6.03 Å². The zero-order valence-corrected chi connectivity index (χ0v) is 13.4. The highest BCUT2D eigenvalue weighted by Gasteiger charge is 2.28. The molecule has 25 heavy (non-hydrogen) atoms. The van der Waals surface area contributed by atoms with E-state index in [1.807, 2.05) is 30.3 Å². The molecule has 0 bridgehead atoms. The molecule has 130 valence electrons. The van der Waals surface area contributed by atoms with Crippen LogP contribution < -0.4 is 20.7 Å². The predicted molar refractivity (Wildman–Crippen MR) is 89.5 cm³/mol. The van der Waals surface area contributed by atoms with Crippen LogP contribution in [0.15, 0.2) is 54.6 Å². The van der Waals surface area contributed by atoms with E-state index in [0.29, 0.717) is 0 Å². The van der Waals surface area contributed by atoms with Gasteiger partial charge in [0.25, 0.3) is 0 Å². The van der Waals surface area contributed by atoms with Gasteiger partial charge in [-0.2, -0.15) is 0 Å². The molecular formula is C18H18FN3O3. The fourth-order valence-corrected chi connectivity index (χ4v) is 2.53. The summed E-state index contributed by atoms with van der Waals surface area (Å²) < 4.78 is 19.3.